The van der Waals surface area contributed by atoms with Crippen LogP contribution in [-0.4, -0.2) is 30.4 Å². The fraction of sp³-hybridized carbons (Fsp3) is 0.467. The molecule has 2 unspecified atom stereocenters. The maximum absolute atomic E-state index is 12.4. The minimum atomic E-state index is -0.772. The number of hydrogen-bond acceptors (Lipinski definition) is 4. The Morgan fingerprint density at radius 1 is 1.52 bits per heavy atom. The van der Waals surface area contributed by atoms with Gasteiger partial charge in [-0.3, -0.25) is 4.79 Å². The third-order valence-corrected chi connectivity index (χ3v) is 5.47. The first-order valence-electron chi connectivity index (χ1n) is 6.93. The van der Waals surface area contributed by atoms with E-state index in [0.29, 0.717) is 23.7 Å². The highest BCUT2D eigenvalue weighted by Gasteiger charge is 2.53. The van der Waals surface area contributed by atoms with Crippen LogP contribution in [0.15, 0.2) is 16.6 Å². The molecule has 0 radical (unpaired) electrons. The van der Waals surface area contributed by atoms with Gasteiger partial charge in [0, 0.05) is 11.0 Å². The summed E-state index contributed by atoms with van der Waals surface area (Å²) in [6.45, 7) is 3.35. The van der Waals surface area contributed by atoms with E-state index in [0.717, 1.165) is 28.6 Å². The van der Waals surface area contributed by atoms with Crippen LogP contribution in [0.3, 0.4) is 0 Å². The van der Waals surface area contributed by atoms with Crippen molar-refractivity contribution < 1.29 is 9.53 Å². The van der Waals surface area contributed by atoms with Crippen molar-refractivity contribution in [3.8, 4) is 0 Å². The Labute approximate surface area is 136 Å². The predicted octanol–water partition coefficient (Wildman–Crippen LogP) is 3.19. The maximum Gasteiger partial charge on any atom is 0.320 e. The molecule has 4 nitrogen and oxygen atoms in total. The molecule has 2 atom stereocenters. The second-order valence-corrected chi connectivity index (χ2v) is 6.93. The first-order valence-corrected chi connectivity index (χ1v) is 8.10. The van der Waals surface area contributed by atoms with Crippen molar-refractivity contribution in [2.45, 2.75) is 31.3 Å². The molecule has 2 saturated heterocycles. The molecule has 0 bridgehead atoms. The standard InChI is InChI=1S/C15H16BrClN2O2/c1-8-5-10(16)11(17)6-9(8)12-13(18)15(21-14(12)20)3-2-4-19-7-15/h5-6,12,18-19H,2-4,7H2,1H3. The minimum Gasteiger partial charge on any atom is -0.451 e. The van der Waals surface area contributed by atoms with Crippen molar-refractivity contribution in [1.29, 1.82) is 5.41 Å². The summed E-state index contributed by atoms with van der Waals surface area (Å²) in [5.41, 5.74) is 1.27. The third-order valence-electron chi connectivity index (χ3n) is 4.28. The fourth-order valence-corrected chi connectivity index (χ4v) is 3.77. The van der Waals surface area contributed by atoms with Gasteiger partial charge in [0.05, 0.1) is 10.7 Å². The summed E-state index contributed by atoms with van der Waals surface area (Å²) in [6.07, 6.45) is 1.62. The zero-order chi connectivity index (χ0) is 15.2. The van der Waals surface area contributed by atoms with Crippen molar-refractivity contribution in [2.24, 2.45) is 0 Å². The second-order valence-electron chi connectivity index (χ2n) is 5.67. The highest BCUT2D eigenvalue weighted by Crippen LogP contribution is 2.41. The molecule has 0 amide bonds. The molecule has 0 aromatic heterocycles. The lowest BCUT2D eigenvalue weighted by Gasteiger charge is -2.32. The van der Waals surface area contributed by atoms with E-state index in [-0.39, 0.29) is 5.97 Å². The number of aryl methyl sites for hydroxylation is 1. The average Bonchev–Trinajstić information content (AvgIpc) is 2.67. The Morgan fingerprint density at radius 3 is 2.95 bits per heavy atom. The summed E-state index contributed by atoms with van der Waals surface area (Å²) >= 11 is 9.53. The molecule has 1 aromatic rings. The van der Waals surface area contributed by atoms with Crippen LogP contribution in [0.25, 0.3) is 0 Å². The molecular weight excluding hydrogens is 356 g/mol. The first-order chi connectivity index (χ1) is 9.94. The summed E-state index contributed by atoms with van der Waals surface area (Å²) in [5.74, 6) is -0.985. The van der Waals surface area contributed by atoms with Crippen LogP contribution in [0, 0.1) is 12.3 Å². The van der Waals surface area contributed by atoms with Gasteiger partial charge in [0.1, 0.15) is 5.92 Å². The molecule has 2 fully saturated rings. The van der Waals surface area contributed by atoms with Gasteiger partial charge in [0.15, 0.2) is 5.60 Å². The van der Waals surface area contributed by atoms with Crippen LogP contribution in [0.4, 0.5) is 0 Å². The lowest BCUT2D eigenvalue weighted by Crippen LogP contribution is -2.50. The third kappa shape index (κ3) is 2.41. The average molecular weight is 372 g/mol. The SMILES string of the molecule is Cc1cc(Br)c(Cl)cc1C1C(=N)C2(CCCNC2)OC1=O. The van der Waals surface area contributed by atoms with E-state index in [1.807, 2.05) is 13.0 Å². The highest BCUT2D eigenvalue weighted by molar-refractivity contribution is 9.10. The molecule has 112 valence electrons. The number of rotatable bonds is 1. The largest absolute Gasteiger partial charge is 0.451 e. The lowest BCUT2D eigenvalue weighted by atomic mass is 9.81. The maximum atomic E-state index is 12.4. The summed E-state index contributed by atoms with van der Waals surface area (Å²) in [5, 5.41) is 12.3. The molecule has 2 N–H and O–H groups in total. The molecule has 0 aliphatic carbocycles. The Hall–Kier alpha value is -0.910. The molecular formula is C15H16BrClN2O2. The molecule has 2 heterocycles. The van der Waals surface area contributed by atoms with Crippen LogP contribution in [0.1, 0.15) is 29.9 Å². The predicted molar refractivity (Wildman–Crippen MR) is 85.3 cm³/mol. The molecule has 0 saturated carbocycles. The van der Waals surface area contributed by atoms with Crippen molar-refractivity contribution in [3.05, 3.63) is 32.8 Å². The van der Waals surface area contributed by atoms with Gasteiger partial charge in [-0.1, -0.05) is 11.6 Å². The number of carbonyl (C=O) groups excluding carboxylic acids is 1. The van der Waals surface area contributed by atoms with Gasteiger partial charge in [-0.05, 0) is 65.5 Å². The quantitative estimate of drug-likeness (QED) is 0.745. The Balaban J connectivity index is 2.01. The summed E-state index contributed by atoms with van der Waals surface area (Å²) < 4.78 is 6.40. The van der Waals surface area contributed by atoms with E-state index in [1.54, 1.807) is 6.07 Å². The zero-order valence-electron chi connectivity index (χ0n) is 11.6. The van der Waals surface area contributed by atoms with E-state index >= 15 is 0 Å². The number of ether oxygens (including phenoxy) is 1. The Morgan fingerprint density at radius 2 is 2.29 bits per heavy atom. The molecule has 3 rings (SSSR count). The monoisotopic (exact) mass is 370 g/mol. The molecule has 2 aliphatic heterocycles. The van der Waals surface area contributed by atoms with Gasteiger partial charge in [-0.25, -0.2) is 0 Å². The molecule has 21 heavy (non-hydrogen) atoms. The first kappa shape index (κ1) is 15.0. The van der Waals surface area contributed by atoms with Gasteiger partial charge in [-0.15, -0.1) is 0 Å². The van der Waals surface area contributed by atoms with E-state index in [9.17, 15) is 4.79 Å². The molecule has 2 aliphatic rings. The molecule has 6 heteroatoms. The number of benzene rings is 1. The highest BCUT2D eigenvalue weighted by atomic mass is 79.9. The number of hydrogen-bond donors (Lipinski definition) is 2. The van der Waals surface area contributed by atoms with E-state index in [1.165, 1.54) is 0 Å². The van der Waals surface area contributed by atoms with Crippen molar-refractivity contribution in [2.75, 3.05) is 13.1 Å². The van der Waals surface area contributed by atoms with Gasteiger partial charge in [0.2, 0.25) is 0 Å². The summed E-state index contributed by atoms with van der Waals surface area (Å²) in [4.78, 5) is 12.4. The van der Waals surface area contributed by atoms with Crippen molar-refractivity contribution >= 4 is 39.2 Å². The van der Waals surface area contributed by atoms with Crippen LogP contribution < -0.4 is 5.32 Å². The van der Waals surface area contributed by atoms with Gasteiger partial charge in [-0.2, -0.15) is 0 Å². The lowest BCUT2D eigenvalue weighted by molar-refractivity contribution is -0.149. The van der Waals surface area contributed by atoms with E-state index in [4.69, 9.17) is 21.7 Å². The summed E-state index contributed by atoms with van der Waals surface area (Å²) in [7, 11) is 0. The fourth-order valence-electron chi connectivity index (χ4n) is 3.14. The Kier molecular flexibility index (Phi) is 3.84. The van der Waals surface area contributed by atoms with Gasteiger partial charge >= 0.3 is 5.97 Å². The van der Waals surface area contributed by atoms with Gasteiger partial charge in [0.25, 0.3) is 0 Å². The van der Waals surface area contributed by atoms with Crippen molar-refractivity contribution in [3.63, 3.8) is 0 Å². The molecule has 1 spiro atoms. The van der Waals surface area contributed by atoms with Crippen LogP contribution >= 0.6 is 27.5 Å². The normalized spacial score (nSPS) is 29.0. The van der Waals surface area contributed by atoms with Crippen molar-refractivity contribution in [1.82, 2.24) is 5.32 Å². The molecule has 1 aromatic carbocycles. The second kappa shape index (κ2) is 5.38. The smallest absolute Gasteiger partial charge is 0.320 e. The van der Waals surface area contributed by atoms with Crippen LogP contribution in [-0.2, 0) is 9.53 Å². The Bertz CT molecular complexity index is 626. The summed E-state index contributed by atoms with van der Waals surface area (Å²) in [6, 6.07) is 3.64. The number of carbonyl (C=O) groups is 1. The van der Waals surface area contributed by atoms with E-state index in [2.05, 4.69) is 21.2 Å². The number of halogens is 2. The number of nitrogens with one attached hydrogen (secondary N) is 2. The van der Waals surface area contributed by atoms with E-state index < -0.39 is 11.5 Å². The number of esters is 1. The zero-order valence-corrected chi connectivity index (χ0v) is 14.0. The van der Waals surface area contributed by atoms with Gasteiger partial charge < -0.3 is 15.5 Å². The topological polar surface area (TPSA) is 62.2 Å². The number of piperidine rings is 1. The minimum absolute atomic E-state index is 0.342. The van der Waals surface area contributed by atoms with Crippen LogP contribution in [0.5, 0.6) is 0 Å². The van der Waals surface area contributed by atoms with Crippen LogP contribution in [0.2, 0.25) is 5.02 Å².